The molecular formula is C14H23ClN2OS. The van der Waals surface area contributed by atoms with E-state index in [2.05, 4.69) is 38.7 Å². The maximum Gasteiger partial charge on any atom is 0.0931 e. The SMILES string of the molecule is CC1CN(C(c2ccc(Cl)s2)C(C)N)CC(C)(C)O1. The minimum absolute atomic E-state index is 0.0656. The number of hydrogen-bond acceptors (Lipinski definition) is 4. The van der Waals surface area contributed by atoms with Gasteiger partial charge in [-0.1, -0.05) is 11.6 Å². The fourth-order valence-corrected chi connectivity index (χ4v) is 4.29. The summed E-state index contributed by atoms with van der Waals surface area (Å²) in [7, 11) is 0. The fraction of sp³-hybridized carbons (Fsp3) is 0.714. The van der Waals surface area contributed by atoms with E-state index in [0.717, 1.165) is 17.4 Å². The monoisotopic (exact) mass is 302 g/mol. The predicted octanol–water partition coefficient (Wildman–Crippen LogP) is 3.29. The van der Waals surface area contributed by atoms with Gasteiger partial charge < -0.3 is 10.5 Å². The van der Waals surface area contributed by atoms with Crippen molar-refractivity contribution in [2.45, 2.75) is 51.5 Å². The first-order valence-corrected chi connectivity index (χ1v) is 7.90. The third-order valence-electron chi connectivity index (χ3n) is 3.37. The molecule has 3 atom stereocenters. The molecule has 108 valence electrons. The summed E-state index contributed by atoms with van der Waals surface area (Å²) in [6.45, 7) is 10.2. The molecule has 2 N–H and O–H groups in total. The lowest BCUT2D eigenvalue weighted by Crippen LogP contribution is -2.55. The van der Waals surface area contributed by atoms with Crippen LogP contribution in [0.5, 0.6) is 0 Å². The molecule has 0 amide bonds. The van der Waals surface area contributed by atoms with Crippen molar-refractivity contribution >= 4 is 22.9 Å². The summed E-state index contributed by atoms with van der Waals surface area (Å²) in [4.78, 5) is 3.67. The van der Waals surface area contributed by atoms with Crippen LogP contribution in [0.2, 0.25) is 4.34 Å². The first-order valence-electron chi connectivity index (χ1n) is 6.71. The van der Waals surface area contributed by atoms with Crippen molar-refractivity contribution in [3.05, 3.63) is 21.3 Å². The number of hydrogen-bond donors (Lipinski definition) is 1. The standard InChI is InChI=1S/C14H23ClN2OS/c1-9-7-17(8-14(3,4)18-9)13(10(2)16)11-5-6-12(15)19-11/h5-6,9-10,13H,7-8,16H2,1-4H3. The van der Waals surface area contributed by atoms with Gasteiger partial charge in [-0.25, -0.2) is 0 Å². The molecule has 3 nitrogen and oxygen atoms in total. The molecule has 3 unspecified atom stereocenters. The van der Waals surface area contributed by atoms with Crippen LogP contribution in [0.15, 0.2) is 12.1 Å². The molecule has 0 aromatic carbocycles. The second-order valence-electron chi connectivity index (χ2n) is 6.06. The van der Waals surface area contributed by atoms with Gasteiger partial charge in [-0.05, 0) is 39.8 Å². The highest BCUT2D eigenvalue weighted by Crippen LogP contribution is 2.35. The number of thiophene rings is 1. The highest BCUT2D eigenvalue weighted by molar-refractivity contribution is 7.16. The number of nitrogens with two attached hydrogens (primary N) is 1. The van der Waals surface area contributed by atoms with Crippen LogP contribution in [-0.4, -0.2) is 35.7 Å². The van der Waals surface area contributed by atoms with Gasteiger partial charge in [0.1, 0.15) is 0 Å². The van der Waals surface area contributed by atoms with Crippen LogP contribution >= 0.6 is 22.9 Å². The molecule has 1 aliphatic rings. The molecular weight excluding hydrogens is 280 g/mol. The summed E-state index contributed by atoms with van der Waals surface area (Å²) in [6, 6.07) is 4.32. The van der Waals surface area contributed by atoms with Crippen LogP contribution in [0.3, 0.4) is 0 Å². The minimum Gasteiger partial charge on any atom is -0.370 e. The third-order valence-corrected chi connectivity index (χ3v) is 4.67. The molecule has 1 fully saturated rings. The molecule has 0 aliphatic carbocycles. The van der Waals surface area contributed by atoms with Gasteiger partial charge in [-0.15, -0.1) is 11.3 Å². The van der Waals surface area contributed by atoms with Crippen molar-refractivity contribution in [1.82, 2.24) is 4.90 Å². The average molecular weight is 303 g/mol. The summed E-state index contributed by atoms with van der Waals surface area (Å²) < 4.78 is 6.79. The van der Waals surface area contributed by atoms with Gasteiger partial charge in [0, 0.05) is 24.0 Å². The van der Waals surface area contributed by atoms with E-state index in [1.54, 1.807) is 11.3 Å². The second kappa shape index (κ2) is 5.70. The van der Waals surface area contributed by atoms with E-state index in [1.165, 1.54) is 4.88 Å². The molecule has 1 aromatic heterocycles. The van der Waals surface area contributed by atoms with Gasteiger partial charge >= 0.3 is 0 Å². The van der Waals surface area contributed by atoms with E-state index in [9.17, 15) is 0 Å². The van der Waals surface area contributed by atoms with Crippen LogP contribution in [0.4, 0.5) is 0 Å². The van der Waals surface area contributed by atoms with Crippen molar-refractivity contribution in [2.24, 2.45) is 5.73 Å². The smallest absolute Gasteiger partial charge is 0.0931 e. The fourth-order valence-electron chi connectivity index (χ4n) is 2.97. The molecule has 19 heavy (non-hydrogen) atoms. The van der Waals surface area contributed by atoms with Crippen LogP contribution in [0.25, 0.3) is 0 Å². The first-order chi connectivity index (χ1) is 8.78. The van der Waals surface area contributed by atoms with Gasteiger partial charge in [0.15, 0.2) is 0 Å². The van der Waals surface area contributed by atoms with E-state index in [0.29, 0.717) is 0 Å². The zero-order valence-corrected chi connectivity index (χ0v) is 13.6. The third kappa shape index (κ3) is 3.70. The molecule has 0 spiro atoms. The van der Waals surface area contributed by atoms with E-state index in [-0.39, 0.29) is 23.8 Å². The normalized spacial score (nSPS) is 27.2. The quantitative estimate of drug-likeness (QED) is 0.931. The number of halogens is 1. The van der Waals surface area contributed by atoms with Crippen LogP contribution < -0.4 is 5.73 Å². The lowest BCUT2D eigenvalue weighted by Gasteiger charge is -2.46. The number of rotatable bonds is 3. The van der Waals surface area contributed by atoms with Gasteiger partial charge in [-0.2, -0.15) is 0 Å². The largest absolute Gasteiger partial charge is 0.370 e. The lowest BCUT2D eigenvalue weighted by atomic mass is 10.00. The van der Waals surface area contributed by atoms with Gasteiger partial charge in [-0.3, -0.25) is 4.90 Å². The molecule has 0 bridgehead atoms. The van der Waals surface area contributed by atoms with Crippen molar-refractivity contribution < 1.29 is 4.74 Å². The topological polar surface area (TPSA) is 38.5 Å². The summed E-state index contributed by atoms with van der Waals surface area (Å²) in [5, 5.41) is 0. The molecule has 1 saturated heterocycles. The highest BCUT2D eigenvalue weighted by atomic mass is 35.5. The lowest BCUT2D eigenvalue weighted by molar-refractivity contribution is -0.139. The molecule has 0 saturated carbocycles. The molecule has 5 heteroatoms. The van der Waals surface area contributed by atoms with E-state index >= 15 is 0 Å². The Kier molecular flexibility index (Phi) is 4.58. The predicted molar refractivity (Wildman–Crippen MR) is 81.9 cm³/mol. The minimum atomic E-state index is -0.133. The van der Waals surface area contributed by atoms with Crippen molar-refractivity contribution in [2.75, 3.05) is 13.1 Å². The van der Waals surface area contributed by atoms with E-state index in [1.807, 2.05) is 6.07 Å². The van der Waals surface area contributed by atoms with Crippen LogP contribution in [0, 0.1) is 0 Å². The average Bonchev–Trinajstić information content (AvgIpc) is 2.60. The summed E-state index contributed by atoms with van der Waals surface area (Å²) in [5.41, 5.74) is 6.09. The van der Waals surface area contributed by atoms with Crippen molar-refractivity contribution in [3.63, 3.8) is 0 Å². The van der Waals surface area contributed by atoms with Gasteiger partial charge in [0.05, 0.1) is 22.1 Å². The maximum atomic E-state index is 6.22. The maximum absolute atomic E-state index is 6.22. The second-order valence-corrected chi connectivity index (χ2v) is 7.81. The molecule has 2 rings (SSSR count). The van der Waals surface area contributed by atoms with Crippen LogP contribution in [-0.2, 0) is 4.74 Å². The molecule has 1 aromatic rings. The molecule has 1 aliphatic heterocycles. The van der Waals surface area contributed by atoms with Crippen LogP contribution in [0.1, 0.15) is 38.6 Å². The summed E-state index contributed by atoms with van der Waals surface area (Å²) in [6.07, 6.45) is 0.223. The van der Waals surface area contributed by atoms with Gasteiger partial charge in [0.2, 0.25) is 0 Å². The first kappa shape index (κ1) is 15.3. The Balaban J connectivity index is 2.24. The zero-order valence-electron chi connectivity index (χ0n) is 12.0. The Labute approximate surface area is 124 Å². The van der Waals surface area contributed by atoms with E-state index in [4.69, 9.17) is 22.1 Å². The Hall–Kier alpha value is -0.130. The summed E-state index contributed by atoms with van der Waals surface area (Å²) in [5.74, 6) is 0. The summed E-state index contributed by atoms with van der Waals surface area (Å²) >= 11 is 7.69. The van der Waals surface area contributed by atoms with Crippen molar-refractivity contribution in [3.8, 4) is 0 Å². The number of ether oxygens (including phenoxy) is 1. The number of nitrogens with zero attached hydrogens (tertiary/aromatic N) is 1. The van der Waals surface area contributed by atoms with E-state index < -0.39 is 0 Å². The van der Waals surface area contributed by atoms with Crippen molar-refractivity contribution in [1.29, 1.82) is 0 Å². The molecule has 2 heterocycles. The molecule has 0 radical (unpaired) electrons. The zero-order chi connectivity index (χ0) is 14.2. The Morgan fingerprint density at radius 1 is 1.53 bits per heavy atom. The highest BCUT2D eigenvalue weighted by Gasteiger charge is 2.36. The Bertz CT molecular complexity index is 433. The number of morpholine rings is 1. The Morgan fingerprint density at radius 2 is 2.21 bits per heavy atom. The Morgan fingerprint density at radius 3 is 2.68 bits per heavy atom. The van der Waals surface area contributed by atoms with Gasteiger partial charge in [0.25, 0.3) is 0 Å².